The molecule has 0 fully saturated rings. The van der Waals surface area contributed by atoms with Gasteiger partial charge in [-0.05, 0) is 43.7 Å². The summed E-state index contributed by atoms with van der Waals surface area (Å²) in [5.41, 5.74) is 2.51. The molecule has 2 rings (SSSR count). The minimum atomic E-state index is 0.273. The first-order valence-electron chi connectivity index (χ1n) is 5.70. The van der Waals surface area contributed by atoms with Crippen LogP contribution in [0, 0.1) is 36.5 Å². The number of aromatic nitrogens is 1. The molecule has 0 N–H and O–H groups in total. The molecule has 0 unspecified atom stereocenters. The predicted octanol–water partition coefficient (Wildman–Crippen LogP) is 3.23. The second-order valence-corrected chi connectivity index (χ2v) is 4.11. The lowest BCUT2D eigenvalue weighted by molar-refractivity contribution is 0.459. The summed E-state index contributed by atoms with van der Waals surface area (Å²) in [7, 11) is 0. The van der Waals surface area contributed by atoms with Gasteiger partial charge in [0, 0.05) is 5.69 Å². The Kier molecular flexibility index (Phi) is 3.45. The monoisotopic (exact) mass is 249 g/mol. The molecule has 2 aromatic rings. The molecule has 4 nitrogen and oxygen atoms in total. The second kappa shape index (κ2) is 5.20. The fourth-order valence-corrected chi connectivity index (χ4v) is 1.75. The van der Waals surface area contributed by atoms with E-state index in [0.717, 1.165) is 11.3 Å². The molecule has 1 aromatic carbocycles. The van der Waals surface area contributed by atoms with E-state index in [2.05, 4.69) is 11.1 Å². The van der Waals surface area contributed by atoms with Crippen LogP contribution in [0.25, 0.3) is 0 Å². The number of nitriles is 2. The molecule has 0 atom stereocenters. The maximum atomic E-state index is 9.15. The highest BCUT2D eigenvalue weighted by Gasteiger charge is 2.11. The van der Waals surface area contributed by atoms with Gasteiger partial charge in [0.15, 0.2) is 0 Å². The van der Waals surface area contributed by atoms with E-state index in [4.69, 9.17) is 15.3 Å². The Hall–Kier alpha value is -2.85. The van der Waals surface area contributed by atoms with Gasteiger partial charge in [0.2, 0.25) is 5.88 Å². The number of pyridine rings is 1. The molecular weight excluding hydrogens is 238 g/mol. The maximum Gasteiger partial charge on any atom is 0.237 e. The van der Waals surface area contributed by atoms with Crippen LogP contribution in [0.15, 0.2) is 30.3 Å². The van der Waals surface area contributed by atoms with Crippen molar-refractivity contribution in [3.63, 3.8) is 0 Å². The van der Waals surface area contributed by atoms with Gasteiger partial charge in [-0.3, -0.25) is 0 Å². The third kappa shape index (κ3) is 2.70. The SMILES string of the molecule is Cc1cc(C)c(C#N)c(Oc2cccc(C#N)c2)n1. The van der Waals surface area contributed by atoms with Gasteiger partial charge in [0.25, 0.3) is 0 Å². The molecule has 1 aromatic heterocycles. The van der Waals surface area contributed by atoms with Crippen molar-refractivity contribution in [1.29, 1.82) is 10.5 Å². The Morgan fingerprint density at radius 2 is 1.89 bits per heavy atom. The van der Waals surface area contributed by atoms with E-state index >= 15 is 0 Å². The Labute approximate surface area is 111 Å². The van der Waals surface area contributed by atoms with Crippen LogP contribution in [0.3, 0.4) is 0 Å². The summed E-state index contributed by atoms with van der Waals surface area (Å²) in [6, 6.07) is 12.7. The molecule has 0 aliphatic rings. The van der Waals surface area contributed by atoms with Gasteiger partial charge in [-0.2, -0.15) is 10.5 Å². The minimum absolute atomic E-state index is 0.273. The standard InChI is InChI=1S/C15H11N3O/c1-10-6-11(2)18-15(14(10)9-17)19-13-5-3-4-12(7-13)8-16/h3-7H,1-2H3. The summed E-state index contributed by atoms with van der Waals surface area (Å²) in [6.07, 6.45) is 0. The zero-order chi connectivity index (χ0) is 13.8. The van der Waals surface area contributed by atoms with Crippen LogP contribution >= 0.6 is 0 Å². The first-order chi connectivity index (χ1) is 9.13. The topological polar surface area (TPSA) is 69.7 Å². The molecule has 19 heavy (non-hydrogen) atoms. The van der Waals surface area contributed by atoms with E-state index in [1.165, 1.54) is 0 Å². The zero-order valence-corrected chi connectivity index (χ0v) is 10.6. The van der Waals surface area contributed by atoms with Crippen molar-refractivity contribution in [1.82, 2.24) is 4.98 Å². The van der Waals surface area contributed by atoms with Crippen LogP contribution in [0.1, 0.15) is 22.4 Å². The van der Waals surface area contributed by atoms with Crippen LogP contribution in [-0.2, 0) is 0 Å². The molecule has 1 heterocycles. The van der Waals surface area contributed by atoms with E-state index in [9.17, 15) is 0 Å². The summed E-state index contributed by atoms with van der Waals surface area (Å²) in [5, 5.41) is 18.0. The molecule has 0 radical (unpaired) electrons. The van der Waals surface area contributed by atoms with E-state index in [0.29, 0.717) is 16.9 Å². The van der Waals surface area contributed by atoms with E-state index in [-0.39, 0.29) is 5.88 Å². The third-order valence-electron chi connectivity index (χ3n) is 2.60. The van der Waals surface area contributed by atoms with Crippen molar-refractivity contribution in [3.05, 3.63) is 52.7 Å². The first-order valence-corrected chi connectivity index (χ1v) is 5.70. The fourth-order valence-electron chi connectivity index (χ4n) is 1.75. The molecule has 0 spiro atoms. The number of nitrogens with zero attached hydrogens (tertiary/aromatic N) is 3. The number of benzene rings is 1. The largest absolute Gasteiger partial charge is 0.438 e. The molecule has 0 saturated carbocycles. The summed E-state index contributed by atoms with van der Waals surface area (Å²) in [5.74, 6) is 0.767. The summed E-state index contributed by atoms with van der Waals surface area (Å²) in [6.45, 7) is 3.68. The van der Waals surface area contributed by atoms with Gasteiger partial charge >= 0.3 is 0 Å². The summed E-state index contributed by atoms with van der Waals surface area (Å²) < 4.78 is 5.62. The number of rotatable bonds is 2. The average molecular weight is 249 g/mol. The number of aryl methyl sites for hydroxylation is 2. The Balaban J connectivity index is 2.44. The lowest BCUT2D eigenvalue weighted by Crippen LogP contribution is -1.97. The Bertz CT molecular complexity index is 708. The molecule has 0 aliphatic carbocycles. The quantitative estimate of drug-likeness (QED) is 0.819. The highest BCUT2D eigenvalue weighted by molar-refractivity contribution is 5.47. The summed E-state index contributed by atoms with van der Waals surface area (Å²) >= 11 is 0. The van der Waals surface area contributed by atoms with E-state index in [1.807, 2.05) is 26.0 Å². The van der Waals surface area contributed by atoms with Crippen molar-refractivity contribution < 1.29 is 4.74 Å². The third-order valence-corrected chi connectivity index (χ3v) is 2.60. The van der Waals surface area contributed by atoms with Crippen LogP contribution in [0.5, 0.6) is 11.6 Å². The van der Waals surface area contributed by atoms with Gasteiger partial charge < -0.3 is 4.74 Å². The normalized spacial score (nSPS) is 9.47. The number of hydrogen-bond acceptors (Lipinski definition) is 4. The van der Waals surface area contributed by atoms with Crippen LogP contribution < -0.4 is 4.74 Å². The zero-order valence-electron chi connectivity index (χ0n) is 10.6. The van der Waals surface area contributed by atoms with Gasteiger partial charge in [0.1, 0.15) is 17.4 Å². The molecule has 0 saturated heterocycles. The van der Waals surface area contributed by atoms with Crippen molar-refractivity contribution >= 4 is 0 Å². The smallest absolute Gasteiger partial charge is 0.237 e. The summed E-state index contributed by atoms with van der Waals surface area (Å²) in [4.78, 5) is 4.23. The van der Waals surface area contributed by atoms with Crippen molar-refractivity contribution in [3.8, 4) is 23.8 Å². The van der Waals surface area contributed by atoms with E-state index in [1.54, 1.807) is 24.3 Å². The van der Waals surface area contributed by atoms with Gasteiger partial charge in [-0.15, -0.1) is 0 Å². The average Bonchev–Trinajstić information content (AvgIpc) is 2.38. The minimum Gasteiger partial charge on any atom is -0.438 e. The van der Waals surface area contributed by atoms with Crippen LogP contribution in [0.4, 0.5) is 0 Å². The number of ether oxygens (including phenoxy) is 1. The molecule has 0 aliphatic heterocycles. The number of hydrogen-bond donors (Lipinski definition) is 0. The molecule has 4 heteroatoms. The Morgan fingerprint density at radius 1 is 1.11 bits per heavy atom. The fraction of sp³-hybridized carbons (Fsp3) is 0.133. The van der Waals surface area contributed by atoms with Gasteiger partial charge in [-0.1, -0.05) is 6.07 Å². The lowest BCUT2D eigenvalue weighted by Gasteiger charge is -2.09. The molecular formula is C15H11N3O. The van der Waals surface area contributed by atoms with Crippen LogP contribution in [-0.4, -0.2) is 4.98 Å². The highest BCUT2D eigenvalue weighted by Crippen LogP contribution is 2.26. The van der Waals surface area contributed by atoms with Gasteiger partial charge in [-0.25, -0.2) is 4.98 Å². The van der Waals surface area contributed by atoms with E-state index < -0.39 is 0 Å². The van der Waals surface area contributed by atoms with Crippen molar-refractivity contribution in [2.75, 3.05) is 0 Å². The molecule has 0 bridgehead atoms. The van der Waals surface area contributed by atoms with Gasteiger partial charge in [0.05, 0.1) is 11.6 Å². The maximum absolute atomic E-state index is 9.15. The second-order valence-electron chi connectivity index (χ2n) is 4.11. The lowest BCUT2D eigenvalue weighted by atomic mass is 10.1. The molecule has 92 valence electrons. The van der Waals surface area contributed by atoms with Crippen LogP contribution in [0.2, 0.25) is 0 Å². The van der Waals surface area contributed by atoms with Crippen molar-refractivity contribution in [2.45, 2.75) is 13.8 Å². The first kappa shape index (κ1) is 12.6. The highest BCUT2D eigenvalue weighted by atomic mass is 16.5. The Morgan fingerprint density at radius 3 is 2.58 bits per heavy atom. The predicted molar refractivity (Wildman–Crippen MR) is 69.7 cm³/mol. The van der Waals surface area contributed by atoms with Crippen molar-refractivity contribution in [2.24, 2.45) is 0 Å². The molecule has 0 amide bonds.